The van der Waals surface area contributed by atoms with Gasteiger partial charge in [-0.15, -0.1) is 12.4 Å². The molecule has 0 fully saturated rings. The Balaban J connectivity index is 0.00000364. The Morgan fingerprint density at radius 1 is 1.04 bits per heavy atom. The Labute approximate surface area is 164 Å². The lowest BCUT2D eigenvalue weighted by Crippen LogP contribution is -2.28. The standard InChI is InChI=1S/C20H24FN3O2.ClH/c1-13(22)3-12-19(25)23-14(2)15-6-10-18(11-7-15)24-20(26)16-4-8-17(21)9-5-16;/h4-11,13-14H,3,12,22H2,1-2H3,(H,23,25)(H,24,26);1H. The molecule has 2 amide bonds. The van der Waals surface area contributed by atoms with Crippen LogP contribution in [0.3, 0.4) is 0 Å². The monoisotopic (exact) mass is 393 g/mol. The maximum atomic E-state index is 12.9. The van der Waals surface area contributed by atoms with E-state index in [1.807, 2.05) is 26.0 Å². The number of hydrogen-bond acceptors (Lipinski definition) is 3. The van der Waals surface area contributed by atoms with E-state index in [1.54, 1.807) is 12.1 Å². The molecule has 0 heterocycles. The van der Waals surface area contributed by atoms with Gasteiger partial charge in [-0.25, -0.2) is 4.39 Å². The van der Waals surface area contributed by atoms with Gasteiger partial charge in [0.25, 0.3) is 5.91 Å². The third-order valence-electron chi connectivity index (χ3n) is 3.98. The highest BCUT2D eigenvalue weighted by atomic mass is 35.5. The first-order chi connectivity index (χ1) is 12.3. The number of halogens is 2. The van der Waals surface area contributed by atoms with E-state index in [0.717, 1.165) is 5.56 Å². The van der Waals surface area contributed by atoms with Crippen LogP contribution in [0.1, 0.15) is 48.7 Å². The molecule has 4 N–H and O–H groups in total. The molecule has 2 aromatic carbocycles. The lowest BCUT2D eigenvalue weighted by Gasteiger charge is -2.15. The van der Waals surface area contributed by atoms with Crippen LogP contribution in [0, 0.1) is 5.82 Å². The fourth-order valence-electron chi connectivity index (χ4n) is 2.42. The Morgan fingerprint density at radius 2 is 1.63 bits per heavy atom. The number of nitrogens with one attached hydrogen (secondary N) is 2. The summed E-state index contributed by atoms with van der Waals surface area (Å²) < 4.78 is 12.9. The van der Waals surface area contributed by atoms with Crippen LogP contribution in [-0.4, -0.2) is 17.9 Å². The molecule has 0 saturated carbocycles. The van der Waals surface area contributed by atoms with Crippen LogP contribution in [0.2, 0.25) is 0 Å². The minimum absolute atomic E-state index is 0. The van der Waals surface area contributed by atoms with Crippen LogP contribution in [-0.2, 0) is 4.79 Å². The number of nitrogens with two attached hydrogens (primary N) is 1. The molecule has 0 bridgehead atoms. The zero-order chi connectivity index (χ0) is 19.1. The molecule has 0 aliphatic carbocycles. The predicted octanol–water partition coefficient (Wildman–Crippen LogP) is 3.80. The molecule has 7 heteroatoms. The molecule has 146 valence electrons. The first kappa shape index (κ1) is 22.6. The summed E-state index contributed by atoms with van der Waals surface area (Å²) in [6.45, 7) is 3.77. The molecule has 0 spiro atoms. The van der Waals surface area contributed by atoms with Gasteiger partial charge < -0.3 is 16.4 Å². The minimum Gasteiger partial charge on any atom is -0.350 e. The summed E-state index contributed by atoms with van der Waals surface area (Å²) in [6.07, 6.45) is 1.04. The van der Waals surface area contributed by atoms with Crippen molar-refractivity contribution in [1.82, 2.24) is 5.32 Å². The Hall–Kier alpha value is -2.44. The molecule has 2 atom stereocenters. The number of anilines is 1. The summed E-state index contributed by atoms with van der Waals surface area (Å²) in [7, 11) is 0. The fourth-order valence-corrected chi connectivity index (χ4v) is 2.42. The first-order valence-electron chi connectivity index (χ1n) is 8.57. The second-order valence-corrected chi connectivity index (χ2v) is 6.39. The maximum absolute atomic E-state index is 12.9. The van der Waals surface area contributed by atoms with Crippen LogP contribution in [0.5, 0.6) is 0 Å². The summed E-state index contributed by atoms with van der Waals surface area (Å²) in [5.41, 5.74) is 7.59. The normalized spacial score (nSPS) is 12.4. The Bertz CT molecular complexity index is 749. The Morgan fingerprint density at radius 3 is 2.19 bits per heavy atom. The molecule has 2 rings (SSSR count). The maximum Gasteiger partial charge on any atom is 0.255 e. The van der Waals surface area contributed by atoms with Gasteiger partial charge in [-0.2, -0.15) is 0 Å². The van der Waals surface area contributed by atoms with E-state index in [0.29, 0.717) is 24.1 Å². The first-order valence-corrected chi connectivity index (χ1v) is 8.57. The second-order valence-electron chi connectivity index (χ2n) is 6.39. The number of rotatable bonds is 7. The topological polar surface area (TPSA) is 84.2 Å². The summed E-state index contributed by atoms with van der Waals surface area (Å²) in [6, 6.07) is 12.4. The predicted molar refractivity (Wildman–Crippen MR) is 107 cm³/mol. The van der Waals surface area contributed by atoms with E-state index in [2.05, 4.69) is 10.6 Å². The zero-order valence-electron chi connectivity index (χ0n) is 15.4. The average molecular weight is 394 g/mol. The van der Waals surface area contributed by atoms with E-state index in [9.17, 15) is 14.0 Å². The molecule has 0 aliphatic heterocycles. The van der Waals surface area contributed by atoms with Crippen molar-refractivity contribution >= 4 is 29.9 Å². The average Bonchev–Trinajstić information content (AvgIpc) is 2.61. The Kier molecular flexibility index (Phi) is 8.91. The van der Waals surface area contributed by atoms with Crippen LogP contribution >= 0.6 is 12.4 Å². The third-order valence-corrected chi connectivity index (χ3v) is 3.98. The number of carbonyl (C=O) groups excluding carboxylic acids is 2. The molecule has 5 nitrogen and oxygen atoms in total. The molecule has 0 aliphatic rings. The van der Waals surface area contributed by atoms with E-state index in [-0.39, 0.29) is 42.1 Å². The molecule has 2 unspecified atom stereocenters. The highest BCUT2D eigenvalue weighted by molar-refractivity contribution is 6.04. The zero-order valence-corrected chi connectivity index (χ0v) is 16.2. The van der Waals surface area contributed by atoms with Gasteiger partial charge in [0.15, 0.2) is 0 Å². The van der Waals surface area contributed by atoms with Gasteiger partial charge in [0.1, 0.15) is 5.82 Å². The second kappa shape index (κ2) is 10.6. The van der Waals surface area contributed by atoms with E-state index < -0.39 is 0 Å². The summed E-state index contributed by atoms with van der Waals surface area (Å²) in [5.74, 6) is -0.735. The van der Waals surface area contributed by atoms with Gasteiger partial charge in [0, 0.05) is 23.7 Å². The van der Waals surface area contributed by atoms with E-state index in [1.165, 1.54) is 24.3 Å². The van der Waals surface area contributed by atoms with Gasteiger partial charge in [-0.1, -0.05) is 12.1 Å². The molecule has 0 aromatic heterocycles. The third kappa shape index (κ3) is 7.37. The summed E-state index contributed by atoms with van der Waals surface area (Å²) in [5, 5.41) is 5.68. The van der Waals surface area contributed by atoms with Crippen molar-refractivity contribution < 1.29 is 14.0 Å². The molecule has 0 radical (unpaired) electrons. The highest BCUT2D eigenvalue weighted by Crippen LogP contribution is 2.17. The van der Waals surface area contributed by atoms with Gasteiger partial charge in [-0.05, 0) is 62.2 Å². The number of hydrogen-bond donors (Lipinski definition) is 3. The van der Waals surface area contributed by atoms with Crippen LogP contribution in [0.25, 0.3) is 0 Å². The fraction of sp³-hybridized carbons (Fsp3) is 0.300. The van der Waals surface area contributed by atoms with Gasteiger partial charge in [0.05, 0.1) is 6.04 Å². The van der Waals surface area contributed by atoms with Crippen LogP contribution in [0.4, 0.5) is 10.1 Å². The van der Waals surface area contributed by atoms with Gasteiger partial charge in [0.2, 0.25) is 5.91 Å². The highest BCUT2D eigenvalue weighted by Gasteiger charge is 2.11. The van der Waals surface area contributed by atoms with Crippen molar-refractivity contribution in [1.29, 1.82) is 0 Å². The summed E-state index contributed by atoms with van der Waals surface area (Å²) >= 11 is 0. The molecule has 2 aromatic rings. The molecule has 27 heavy (non-hydrogen) atoms. The smallest absolute Gasteiger partial charge is 0.255 e. The van der Waals surface area contributed by atoms with Crippen molar-refractivity contribution in [3.8, 4) is 0 Å². The van der Waals surface area contributed by atoms with E-state index in [4.69, 9.17) is 5.73 Å². The SMILES string of the molecule is CC(N)CCC(=O)NC(C)c1ccc(NC(=O)c2ccc(F)cc2)cc1.Cl. The molecule has 0 saturated heterocycles. The van der Waals surface area contributed by atoms with Crippen molar-refractivity contribution in [2.45, 2.75) is 38.8 Å². The number of carbonyl (C=O) groups is 2. The van der Waals surface area contributed by atoms with Crippen molar-refractivity contribution in [2.24, 2.45) is 5.73 Å². The summed E-state index contributed by atoms with van der Waals surface area (Å²) in [4.78, 5) is 24.0. The molecular formula is C20H25ClFN3O2. The quantitative estimate of drug-likeness (QED) is 0.668. The lowest BCUT2D eigenvalue weighted by atomic mass is 10.1. The lowest BCUT2D eigenvalue weighted by molar-refractivity contribution is -0.121. The van der Waals surface area contributed by atoms with Crippen molar-refractivity contribution in [2.75, 3.05) is 5.32 Å². The minimum atomic E-state index is -0.386. The van der Waals surface area contributed by atoms with Gasteiger partial charge >= 0.3 is 0 Å². The largest absolute Gasteiger partial charge is 0.350 e. The van der Waals surface area contributed by atoms with E-state index >= 15 is 0 Å². The van der Waals surface area contributed by atoms with Crippen molar-refractivity contribution in [3.63, 3.8) is 0 Å². The number of amides is 2. The molecular weight excluding hydrogens is 369 g/mol. The van der Waals surface area contributed by atoms with Crippen molar-refractivity contribution in [3.05, 3.63) is 65.5 Å². The van der Waals surface area contributed by atoms with Crippen LogP contribution < -0.4 is 16.4 Å². The number of benzene rings is 2. The van der Waals surface area contributed by atoms with Gasteiger partial charge in [-0.3, -0.25) is 9.59 Å². The van der Waals surface area contributed by atoms with Crippen LogP contribution in [0.15, 0.2) is 48.5 Å².